The van der Waals surface area contributed by atoms with E-state index in [9.17, 15) is 14.4 Å². The molecule has 1 aromatic heterocycles. The van der Waals surface area contributed by atoms with E-state index in [1.54, 1.807) is 54.0 Å². The van der Waals surface area contributed by atoms with Gasteiger partial charge >= 0.3 is 0 Å². The second-order valence-corrected chi connectivity index (χ2v) is 9.91. The SMILES string of the molecule is C=CC(=O)Nc1cccc(Oc2nc(Nc3ccc(C(=O)N4CCN(CCCCC(=O)NO)CC4)cc3)ncc2Cl)c1. The van der Waals surface area contributed by atoms with Crippen LogP contribution in [0.2, 0.25) is 5.02 Å². The summed E-state index contributed by atoms with van der Waals surface area (Å²) in [6.45, 7) is 7.07. The Morgan fingerprint density at radius 3 is 2.52 bits per heavy atom. The molecule has 42 heavy (non-hydrogen) atoms. The maximum atomic E-state index is 13.0. The highest BCUT2D eigenvalue weighted by molar-refractivity contribution is 6.31. The number of nitrogens with zero attached hydrogens (tertiary/aromatic N) is 4. The van der Waals surface area contributed by atoms with E-state index in [0.717, 1.165) is 26.1 Å². The second kappa shape index (κ2) is 14.9. The molecule has 220 valence electrons. The maximum absolute atomic E-state index is 13.0. The fraction of sp³-hybridized carbons (Fsp3) is 0.276. The van der Waals surface area contributed by atoms with Gasteiger partial charge in [0.2, 0.25) is 23.6 Å². The van der Waals surface area contributed by atoms with Crippen molar-refractivity contribution >= 4 is 46.6 Å². The number of ether oxygens (including phenoxy) is 1. The van der Waals surface area contributed by atoms with Crippen LogP contribution >= 0.6 is 11.6 Å². The number of nitrogens with one attached hydrogen (secondary N) is 3. The van der Waals surface area contributed by atoms with E-state index in [1.807, 2.05) is 4.90 Å². The van der Waals surface area contributed by atoms with Gasteiger partial charge in [0, 0.05) is 55.6 Å². The first-order valence-electron chi connectivity index (χ1n) is 13.4. The van der Waals surface area contributed by atoms with Crippen LogP contribution in [0.1, 0.15) is 29.6 Å². The van der Waals surface area contributed by atoms with E-state index in [0.29, 0.717) is 48.6 Å². The highest BCUT2D eigenvalue weighted by Crippen LogP contribution is 2.29. The van der Waals surface area contributed by atoms with Crippen LogP contribution in [0.4, 0.5) is 17.3 Å². The van der Waals surface area contributed by atoms with Gasteiger partial charge in [-0.1, -0.05) is 24.2 Å². The number of benzene rings is 2. The molecular formula is C29H32ClN7O5. The number of halogens is 1. The molecule has 0 spiro atoms. The quantitative estimate of drug-likeness (QED) is 0.105. The molecule has 1 saturated heterocycles. The molecule has 0 radical (unpaired) electrons. The molecule has 2 aromatic carbocycles. The normalized spacial score (nSPS) is 13.2. The Balaban J connectivity index is 1.29. The van der Waals surface area contributed by atoms with E-state index < -0.39 is 0 Å². The summed E-state index contributed by atoms with van der Waals surface area (Å²) in [5.41, 5.74) is 3.42. The highest BCUT2D eigenvalue weighted by Gasteiger charge is 2.22. The average molecular weight is 594 g/mol. The Morgan fingerprint density at radius 2 is 1.81 bits per heavy atom. The summed E-state index contributed by atoms with van der Waals surface area (Å²) >= 11 is 6.25. The molecule has 1 fully saturated rings. The molecule has 0 unspecified atom stereocenters. The lowest BCUT2D eigenvalue weighted by Crippen LogP contribution is -2.48. The van der Waals surface area contributed by atoms with Crippen molar-refractivity contribution in [3.8, 4) is 11.6 Å². The van der Waals surface area contributed by atoms with Crippen LogP contribution in [-0.2, 0) is 9.59 Å². The number of carbonyl (C=O) groups is 3. The summed E-state index contributed by atoms with van der Waals surface area (Å²) in [7, 11) is 0. The number of hydroxylamine groups is 1. The first kappa shape index (κ1) is 30.4. The highest BCUT2D eigenvalue weighted by atomic mass is 35.5. The zero-order valence-electron chi connectivity index (χ0n) is 22.9. The minimum absolute atomic E-state index is 0.0363. The van der Waals surface area contributed by atoms with Crippen molar-refractivity contribution in [3.05, 3.63) is 78.0 Å². The summed E-state index contributed by atoms with van der Waals surface area (Å²) in [4.78, 5) is 48.4. The lowest BCUT2D eigenvalue weighted by molar-refractivity contribution is -0.129. The van der Waals surface area contributed by atoms with E-state index in [1.165, 1.54) is 12.3 Å². The summed E-state index contributed by atoms with van der Waals surface area (Å²) in [5.74, 6) is 0.0386. The first-order chi connectivity index (χ1) is 20.3. The molecule has 13 heteroatoms. The minimum Gasteiger partial charge on any atom is -0.437 e. The van der Waals surface area contributed by atoms with Crippen LogP contribution in [0.25, 0.3) is 0 Å². The van der Waals surface area contributed by atoms with Crippen LogP contribution in [-0.4, -0.2) is 75.4 Å². The van der Waals surface area contributed by atoms with Gasteiger partial charge < -0.3 is 20.3 Å². The standard InChI is InChI=1S/C29H32ClN7O5/c1-2-25(38)32-22-6-5-7-23(18-22)42-27-24(30)19-31-29(34-27)33-21-11-9-20(10-12-21)28(40)37-16-14-36(15-17-37)13-4-3-8-26(39)35-41/h2,5-7,9-12,18-19,41H,1,3-4,8,13-17H2,(H,32,38)(H,35,39)(H,31,33,34). The Labute approximate surface area is 248 Å². The maximum Gasteiger partial charge on any atom is 0.253 e. The van der Waals surface area contributed by atoms with Crippen LogP contribution in [0.15, 0.2) is 67.4 Å². The molecule has 4 rings (SSSR count). The minimum atomic E-state index is -0.374. The monoisotopic (exact) mass is 593 g/mol. The van der Waals surface area contributed by atoms with Gasteiger partial charge in [-0.2, -0.15) is 4.98 Å². The van der Waals surface area contributed by atoms with Crippen LogP contribution in [0.3, 0.4) is 0 Å². The summed E-state index contributed by atoms with van der Waals surface area (Å²) < 4.78 is 5.83. The van der Waals surface area contributed by atoms with Crippen LogP contribution < -0.4 is 20.9 Å². The Bertz CT molecular complexity index is 1410. The number of hydrogen-bond acceptors (Lipinski definition) is 9. The molecule has 0 bridgehead atoms. The third-order valence-corrected chi connectivity index (χ3v) is 6.77. The van der Waals surface area contributed by atoms with E-state index in [2.05, 4.69) is 32.1 Å². The molecule has 1 aliphatic rings. The van der Waals surface area contributed by atoms with Crippen LogP contribution in [0.5, 0.6) is 11.6 Å². The van der Waals surface area contributed by atoms with Crippen molar-refractivity contribution < 1.29 is 24.3 Å². The summed E-state index contributed by atoms with van der Waals surface area (Å²) in [6, 6.07) is 13.8. The topological polar surface area (TPSA) is 149 Å². The number of anilines is 3. The van der Waals surface area contributed by atoms with Crippen molar-refractivity contribution in [3.63, 3.8) is 0 Å². The number of rotatable bonds is 12. The van der Waals surface area contributed by atoms with Crippen molar-refractivity contribution in [2.75, 3.05) is 43.4 Å². The van der Waals surface area contributed by atoms with E-state index in [4.69, 9.17) is 21.5 Å². The zero-order valence-corrected chi connectivity index (χ0v) is 23.6. The van der Waals surface area contributed by atoms with Crippen molar-refractivity contribution in [2.24, 2.45) is 0 Å². The van der Waals surface area contributed by atoms with Gasteiger partial charge in [0.1, 0.15) is 10.8 Å². The molecule has 2 heterocycles. The van der Waals surface area contributed by atoms with Gasteiger partial charge in [-0.05, 0) is 61.9 Å². The molecule has 0 atom stereocenters. The number of aromatic nitrogens is 2. The third-order valence-electron chi connectivity index (χ3n) is 6.51. The van der Waals surface area contributed by atoms with Gasteiger partial charge in [0.15, 0.2) is 0 Å². The zero-order chi connectivity index (χ0) is 29.9. The lowest BCUT2D eigenvalue weighted by atomic mass is 10.1. The van der Waals surface area contributed by atoms with E-state index >= 15 is 0 Å². The molecule has 3 amide bonds. The Hall–Kier alpha value is -4.52. The van der Waals surface area contributed by atoms with Gasteiger partial charge in [0.05, 0.1) is 6.20 Å². The van der Waals surface area contributed by atoms with E-state index in [-0.39, 0.29) is 34.6 Å². The van der Waals surface area contributed by atoms with Gasteiger partial charge in [-0.3, -0.25) is 24.5 Å². The Kier molecular flexibility index (Phi) is 10.8. The predicted molar refractivity (Wildman–Crippen MR) is 158 cm³/mol. The van der Waals surface area contributed by atoms with Crippen molar-refractivity contribution in [1.82, 2.24) is 25.2 Å². The summed E-state index contributed by atoms with van der Waals surface area (Å²) in [6.07, 6.45) is 4.44. The third kappa shape index (κ3) is 8.74. The van der Waals surface area contributed by atoms with Crippen LogP contribution in [0, 0.1) is 0 Å². The molecule has 0 aliphatic carbocycles. The number of hydrogen-bond donors (Lipinski definition) is 4. The number of unbranched alkanes of at least 4 members (excludes halogenated alkanes) is 1. The Morgan fingerprint density at radius 1 is 1.05 bits per heavy atom. The smallest absolute Gasteiger partial charge is 0.253 e. The van der Waals surface area contributed by atoms with Gasteiger partial charge in [-0.25, -0.2) is 10.5 Å². The molecule has 1 aliphatic heterocycles. The number of amides is 3. The average Bonchev–Trinajstić information content (AvgIpc) is 3.01. The molecule has 4 N–H and O–H groups in total. The number of piperazine rings is 1. The van der Waals surface area contributed by atoms with Gasteiger partial charge in [-0.15, -0.1) is 0 Å². The van der Waals surface area contributed by atoms with Gasteiger partial charge in [0.25, 0.3) is 5.91 Å². The molecule has 12 nitrogen and oxygen atoms in total. The second-order valence-electron chi connectivity index (χ2n) is 9.50. The predicted octanol–water partition coefficient (Wildman–Crippen LogP) is 4.22. The molecule has 3 aromatic rings. The fourth-order valence-electron chi connectivity index (χ4n) is 4.28. The fourth-order valence-corrected chi connectivity index (χ4v) is 4.41. The molecular weight excluding hydrogens is 562 g/mol. The largest absolute Gasteiger partial charge is 0.437 e. The number of carbonyl (C=O) groups excluding carboxylic acids is 3. The van der Waals surface area contributed by atoms with Crippen molar-refractivity contribution in [2.45, 2.75) is 19.3 Å². The first-order valence-corrected chi connectivity index (χ1v) is 13.8. The lowest BCUT2D eigenvalue weighted by Gasteiger charge is -2.34. The summed E-state index contributed by atoms with van der Waals surface area (Å²) in [5, 5.41) is 14.5. The van der Waals surface area contributed by atoms with Crippen molar-refractivity contribution in [1.29, 1.82) is 0 Å². The molecule has 0 saturated carbocycles.